The van der Waals surface area contributed by atoms with E-state index in [1.54, 1.807) is 31.4 Å². The Morgan fingerprint density at radius 2 is 1.94 bits per heavy atom. The van der Waals surface area contributed by atoms with Crippen molar-refractivity contribution in [2.24, 2.45) is 0 Å². The molecule has 4 rings (SSSR count). The van der Waals surface area contributed by atoms with Gasteiger partial charge in [0.05, 0.1) is 12.5 Å². The van der Waals surface area contributed by atoms with E-state index < -0.39 is 5.63 Å². The van der Waals surface area contributed by atoms with E-state index in [0.717, 1.165) is 35.3 Å². The average molecular weight is 421 g/mol. The van der Waals surface area contributed by atoms with Crippen molar-refractivity contribution in [3.8, 4) is 28.4 Å². The highest BCUT2D eigenvalue weighted by molar-refractivity contribution is 5.94. The molecule has 0 amide bonds. The molecule has 1 aromatic heterocycles. The van der Waals surface area contributed by atoms with Gasteiger partial charge in [0.2, 0.25) is 0 Å². The number of hydrogen-bond donors (Lipinski definition) is 1. The lowest BCUT2D eigenvalue weighted by Crippen LogP contribution is -2.33. The molecule has 0 bridgehead atoms. The topological polar surface area (TPSA) is 68.9 Å². The fourth-order valence-corrected chi connectivity index (χ4v) is 4.01. The van der Waals surface area contributed by atoms with Crippen molar-refractivity contribution >= 4 is 11.0 Å². The third-order valence-electron chi connectivity index (χ3n) is 5.76. The van der Waals surface area contributed by atoms with Crippen molar-refractivity contribution in [3.63, 3.8) is 0 Å². The van der Waals surface area contributed by atoms with Crippen molar-refractivity contribution in [3.05, 3.63) is 63.5 Å². The van der Waals surface area contributed by atoms with Crippen LogP contribution >= 0.6 is 0 Å². The Morgan fingerprint density at radius 3 is 2.58 bits per heavy atom. The first kappa shape index (κ1) is 21.0. The van der Waals surface area contributed by atoms with Gasteiger partial charge < -0.3 is 19.0 Å². The molecule has 1 aliphatic rings. The largest absolute Gasteiger partial charge is 0.506 e. The van der Waals surface area contributed by atoms with Crippen LogP contribution in [0.15, 0.2) is 51.2 Å². The summed E-state index contributed by atoms with van der Waals surface area (Å²) >= 11 is 0. The molecule has 0 saturated carbocycles. The summed E-state index contributed by atoms with van der Waals surface area (Å²) in [5, 5.41) is 11.7. The predicted octanol–water partition coefficient (Wildman–Crippen LogP) is 5.79. The highest BCUT2D eigenvalue weighted by atomic mass is 16.5. The minimum atomic E-state index is -0.580. The maximum Gasteiger partial charge on any atom is 0.347 e. The van der Waals surface area contributed by atoms with Crippen LogP contribution in [0.2, 0.25) is 0 Å². The number of benzene rings is 2. The van der Waals surface area contributed by atoms with E-state index in [0.29, 0.717) is 28.7 Å². The van der Waals surface area contributed by atoms with E-state index >= 15 is 0 Å². The van der Waals surface area contributed by atoms with Gasteiger partial charge in [-0.15, -0.1) is 0 Å². The first-order valence-corrected chi connectivity index (χ1v) is 10.5. The van der Waals surface area contributed by atoms with Crippen molar-refractivity contribution < 1.29 is 19.0 Å². The third kappa shape index (κ3) is 3.92. The average Bonchev–Trinajstić information content (AvgIpc) is 2.72. The molecule has 5 nitrogen and oxygen atoms in total. The van der Waals surface area contributed by atoms with Gasteiger partial charge in [0.15, 0.2) is 0 Å². The van der Waals surface area contributed by atoms with Crippen LogP contribution in [0.1, 0.15) is 45.2 Å². The Hall–Kier alpha value is -3.21. The van der Waals surface area contributed by atoms with Crippen LogP contribution in [0.4, 0.5) is 0 Å². The highest BCUT2D eigenvalue weighted by Crippen LogP contribution is 2.44. The minimum Gasteiger partial charge on any atom is -0.506 e. The van der Waals surface area contributed by atoms with Gasteiger partial charge in [-0.05, 0) is 76.3 Å². The Kier molecular flexibility index (Phi) is 5.29. The molecule has 0 spiro atoms. The number of allylic oxidation sites excluding steroid dienone is 2. The third-order valence-corrected chi connectivity index (χ3v) is 5.76. The van der Waals surface area contributed by atoms with Crippen LogP contribution in [-0.4, -0.2) is 17.8 Å². The molecule has 0 unspecified atom stereocenters. The molecule has 31 heavy (non-hydrogen) atoms. The second-order valence-electron chi connectivity index (χ2n) is 8.91. The predicted molar refractivity (Wildman–Crippen MR) is 122 cm³/mol. The van der Waals surface area contributed by atoms with E-state index in [2.05, 4.69) is 19.9 Å². The van der Waals surface area contributed by atoms with Crippen molar-refractivity contribution in [2.45, 2.75) is 52.6 Å². The Labute approximate surface area is 181 Å². The molecule has 0 aliphatic carbocycles. The fraction of sp³-hybridized carbons (Fsp3) is 0.346. The maximum atomic E-state index is 13.0. The summed E-state index contributed by atoms with van der Waals surface area (Å²) in [5.41, 5.74) is 3.21. The summed E-state index contributed by atoms with van der Waals surface area (Å²) in [6.07, 6.45) is 4.34. The van der Waals surface area contributed by atoms with Crippen molar-refractivity contribution in [2.75, 3.05) is 7.11 Å². The quantitative estimate of drug-likeness (QED) is 0.428. The molecule has 3 aromatic rings. The Bertz CT molecular complexity index is 1230. The summed E-state index contributed by atoms with van der Waals surface area (Å²) in [5.74, 6) is 1.37. The van der Waals surface area contributed by atoms with Crippen LogP contribution in [0, 0.1) is 0 Å². The molecular weight excluding hydrogens is 392 g/mol. The van der Waals surface area contributed by atoms with Gasteiger partial charge in [-0.3, -0.25) is 0 Å². The first-order chi connectivity index (χ1) is 14.7. The molecule has 1 N–H and O–H groups in total. The van der Waals surface area contributed by atoms with Crippen LogP contribution in [0.25, 0.3) is 22.1 Å². The van der Waals surface area contributed by atoms with Gasteiger partial charge in [0.1, 0.15) is 34.0 Å². The zero-order valence-electron chi connectivity index (χ0n) is 18.7. The van der Waals surface area contributed by atoms with Gasteiger partial charge >= 0.3 is 5.63 Å². The molecule has 0 atom stereocenters. The Balaban J connectivity index is 1.99. The highest BCUT2D eigenvalue weighted by Gasteiger charge is 2.31. The van der Waals surface area contributed by atoms with Gasteiger partial charge in [-0.2, -0.15) is 0 Å². The SMILES string of the molecule is COc1ccc(-c2c(O)c3cc4c(c(CC=C(C)C)c3oc2=O)OC(C)(C)CC4)cc1. The second kappa shape index (κ2) is 7.80. The number of methoxy groups -OCH3 is 1. The normalized spacial score (nSPS) is 14.6. The van der Waals surface area contributed by atoms with Gasteiger partial charge in [-0.1, -0.05) is 23.8 Å². The molecule has 1 aliphatic heterocycles. The molecule has 2 aromatic carbocycles. The number of ether oxygens (including phenoxy) is 2. The zero-order valence-corrected chi connectivity index (χ0v) is 18.7. The van der Waals surface area contributed by atoms with Crippen LogP contribution in [0.5, 0.6) is 17.2 Å². The molecule has 0 radical (unpaired) electrons. The summed E-state index contributed by atoms with van der Waals surface area (Å²) in [6, 6.07) is 8.88. The number of aryl methyl sites for hydroxylation is 1. The molecule has 2 heterocycles. The monoisotopic (exact) mass is 420 g/mol. The first-order valence-electron chi connectivity index (χ1n) is 10.5. The van der Waals surface area contributed by atoms with E-state index in [9.17, 15) is 9.90 Å². The molecular formula is C26H28O5. The van der Waals surface area contributed by atoms with Crippen LogP contribution < -0.4 is 15.1 Å². The van der Waals surface area contributed by atoms with Crippen molar-refractivity contribution in [1.29, 1.82) is 0 Å². The van der Waals surface area contributed by atoms with Gasteiger partial charge in [-0.25, -0.2) is 4.79 Å². The van der Waals surface area contributed by atoms with E-state index in [1.165, 1.54) is 0 Å². The molecule has 162 valence electrons. The summed E-state index contributed by atoms with van der Waals surface area (Å²) in [6.45, 7) is 8.17. The summed E-state index contributed by atoms with van der Waals surface area (Å²) in [7, 11) is 1.58. The lowest BCUT2D eigenvalue weighted by atomic mass is 9.90. The number of rotatable bonds is 4. The summed E-state index contributed by atoms with van der Waals surface area (Å²) < 4.78 is 17.3. The standard InChI is InChI=1S/C26H28O5/c1-15(2)6-11-19-23-17(12-13-26(3,4)31-23)14-20-22(27)21(25(28)30-24(19)20)16-7-9-18(29-5)10-8-16/h6-10,14,27H,11-13H2,1-5H3. The summed E-state index contributed by atoms with van der Waals surface area (Å²) in [4.78, 5) is 13.0. The van der Waals surface area contributed by atoms with E-state index in [-0.39, 0.29) is 16.9 Å². The van der Waals surface area contributed by atoms with E-state index in [4.69, 9.17) is 13.9 Å². The second-order valence-corrected chi connectivity index (χ2v) is 8.91. The minimum absolute atomic E-state index is 0.0671. The molecule has 0 fully saturated rings. The number of hydrogen-bond acceptors (Lipinski definition) is 5. The smallest absolute Gasteiger partial charge is 0.347 e. The zero-order chi connectivity index (χ0) is 22.3. The molecule has 5 heteroatoms. The van der Waals surface area contributed by atoms with Gasteiger partial charge in [0.25, 0.3) is 0 Å². The number of aromatic hydroxyl groups is 1. The fourth-order valence-electron chi connectivity index (χ4n) is 4.01. The van der Waals surface area contributed by atoms with Crippen LogP contribution in [-0.2, 0) is 12.8 Å². The molecule has 0 saturated heterocycles. The van der Waals surface area contributed by atoms with Gasteiger partial charge in [0, 0.05) is 5.56 Å². The lowest BCUT2D eigenvalue weighted by Gasteiger charge is -2.34. The van der Waals surface area contributed by atoms with E-state index in [1.807, 2.05) is 19.9 Å². The Morgan fingerprint density at radius 1 is 1.23 bits per heavy atom. The lowest BCUT2D eigenvalue weighted by molar-refractivity contribution is 0.0836. The van der Waals surface area contributed by atoms with Crippen molar-refractivity contribution in [1.82, 2.24) is 0 Å². The number of fused-ring (bicyclic) bond motifs is 2. The van der Waals surface area contributed by atoms with Crippen LogP contribution in [0.3, 0.4) is 0 Å². The maximum absolute atomic E-state index is 13.0.